The lowest BCUT2D eigenvalue weighted by Gasteiger charge is -2.24. The molecule has 0 fully saturated rings. The molecule has 0 aliphatic carbocycles. The van der Waals surface area contributed by atoms with Gasteiger partial charge in [-0.15, -0.1) is 11.3 Å². The summed E-state index contributed by atoms with van der Waals surface area (Å²) in [6.45, 7) is 0.452. The molecule has 0 radical (unpaired) electrons. The van der Waals surface area contributed by atoms with E-state index in [4.69, 9.17) is 0 Å². The van der Waals surface area contributed by atoms with Crippen LogP contribution in [0.15, 0.2) is 62.8 Å². The smallest absolute Gasteiger partial charge is 0.271 e. The SMILES string of the molecule is CN(C)C(CNC(=O)c1cccc(NS(=O)(=O)c2cccs2)c1)c1ccsc1. The average molecular weight is 436 g/mol. The highest BCUT2D eigenvalue weighted by Gasteiger charge is 2.18. The van der Waals surface area contributed by atoms with Crippen molar-refractivity contribution in [3.8, 4) is 0 Å². The van der Waals surface area contributed by atoms with Crippen molar-refractivity contribution in [2.75, 3.05) is 25.4 Å². The Morgan fingerprint density at radius 2 is 1.96 bits per heavy atom. The molecule has 0 aliphatic heterocycles. The summed E-state index contributed by atoms with van der Waals surface area (Å²) in [4.78, 5) is 14.6. The molecule has 3 aromatic rings. The minimum atomic E-state index is -3.65. The van der Waals surface area contributed by atoms with Crippen LogP contribution < -0.4 is 10.0 Å². The molecule has 1 unspecified atom stereocenters. The lowest BCUT2D eigenvalue weighted by atomic mass is 10.1. The van der Waals surface area contributed by atoms with E-state index in [1.807, 2.05) is 30.4 Å². The number of nitrogens with zero attached hydrogens (tertiary/aromatic N) is 1. The van der Waals surface area contributed by atoms with Crippen molar-refractivity contribution in [3.05, 3.63) is 69.7 Å². The zero-order valence-electron chi connectivity index (χ0n) is 15.5. The molecule has 0 saturated heterocycles. The molecule has 0 spiro atoms. The number of nitrogens with one attached hydrogen (secondary N) is 2. The van der Waals surface area contributed by atoms with Crippen LogP contribution in [0.4, 0.5) is 5.69 Å². The number of thiophene rings is 2. The Balaban J connectivity index is 1.68. The second-order valence-corrected chi connectivity index (χ2v) is 10.0. The van der Waals surface area contributed by atoms with Crippen LogP contribution in [0.2, 0.25) is 0 Å². The zero-order valence-corrected chi connectivity index (χ0v) is 17.9. The van der Waals surface area contributed by atoms with Gasteiger partial charge < -0.3 is 10.2 Å². The fourth-order valence-corrected chi connectivity index (χ4v) is 5.45. The van der Waals surface area contributed by atoms with Crippen LogP contribution in [-0.4, -0.2) is 39.9 Å². The van der Waals surface area contributed by atoms with Crippen LogP contribution in [0, 0.1) is 0 Å². The second kappa shape index (κ2) is 8.87. The Kier molecular flexibility index (Phi) is 6.50. The van der Waals surface area contributed by atoms with Gasteiger partial charge in [-0.1, -0.05) is 12.1 Å². The van der Waals surface area contributed by atoms with Gasteiger partial charge in [0.2, 0.25) is 0 Å². The van der Waals surface area contributed by atoms with Gasteiger partial charge in [0.1, 0.15) is 4.21 Å². The predicted octanol–water partition coefficient (Wildman–Crippen LogP) is 3.64. The van der Waals surface area contributed by atoms with Gasteiger partial charge in [-0.2, -0.15) is 11.3 Å². The number of rotatable bonds is 8. The molecule has 28 heavy (non-hydrogen) atoms. The van der Waals surface area contributed by atoms with Crippen LogP contribution in [0.25, 0.3) is 0 Å². The number of anilines is 1. The molecule has 1 aromatic carbocycles. The van der Waals surface area contributed by atoms with Crippen molar-refractivity contribution in [2.45, 2.75) is 10.3 Å². The summed E-state index contributed by atoms with van der Waals surface area (Å²) < 4.78 is 27.5. The lowest BCUT2D eigenvalue weighted by Crippen LogP contribution is -2.34. The number of carbonyl (C=O) groups is 1. The van der Waals surface area contributed by atoms with Crippen LogP contribution >= 0.6 is 22.7 Å². The number of benzene rings is 1. The van der Waals surface area contributed by atoms with Crippen LogP contribution in [0.3, 0.4) is 0 Å². The second-order valence-electron chi connectivity index (χ2n) is 6.36. The van der Waals surface area contributed by atoms with Gasteiger partial charge in [0.15, 0.2) is 0 Å². The Labute approximate surface area is 172 Å². The van der Waals surface area contributed by atoms with Gasteiger partial charge in [0.25, 0.3) is 15.9 Å². The first-order valence-electron chi connectivity index (χ1n) is 8.50. The van der Waals surface area contributed by atoms with E-state index in [0.717, 1.165) is 16.9 Å². The highest BCUT2D eigenvalue weighted by atomic mass is 32.2. The van der Waals surface area contributed by atoms with E-state index in [0.29, 0.717) is 17.8 Å². The first-order chi connectivity index (χ1) is 13.4. The normalized spacial score (nSPS) is 12.7. The molecular weight excluding hydrogens is 414 g/mol. The topological polar surface area (TPSA) is 78.5 Å². The number of likely N-dealkylation sites (N-methyl/N-ethyl adjacent to an activating group) is 1. The molecule has 2 aromatic heterocycles. The molecule has 3 rings (SSSR count). The third-order valence-corrected chi connectivity index (χ3v) is 7.62. The van der Waals surface area contributed by atoms with E-state index in [-0.39, 0.29) is 16.2 Å². The minimum absolute atomic E-state index is 0.0655. The van der Waals surface area contributed by atoms with Gasteiger partial charge in [0.05, 0.1) is 6.04 Å². The third kappa shape index (κ3) is 4.99. The van der Waals surface area contributed by atoms with Gasteiger partial charge in [0, 0.05) is 17.8 Å². The quantitative estimate of drug-likeness (QED) is 0.566. The molecule has 1 atom stereocenters. The van der Waals surface area contributed by atoms with Crippen molar-refractivity contribution in [3.63, 3.8) is 0 Å². The van der Waals surface area contributed by atoms with Crippen LogP contribution in [0.1, 0.15) is 22.0 Å². The minimum Gasteiger partial charge on any atom is -0.350 e. The van der Waals surface area contributed by atoms with E-state index in [9.17, 15) is 13.2 Å². The lowest BCUT2D eigenvalue weighted by molar-refractivity contribution is 0.0942. The highest BCUT2D eigenvalue weighted by molar-refractivity contribution is 7.94. The molecule has 148 valence electrons. The summed E-state index contributed by atoms with van der Waals surface area (Å²) in [7, 11) is 0.286. The molecule has 0 aliphatic rings. The molecular formula is C19H21N3O3S3. The Hall–Kier alpha value is -2.20. The predicted molar refractivity (Wildman–Crippen MR) is 115 cm³/mol. The fourth-order valence-electron chi connectivity index (χ4n) is 2.70. The summed E-state index contributed by atoms with van der Waals surface area (Å²) in [6, 6.07) is 11.8. The van der Waals surface area contributed by atoms with Crippen LogP contribution in [-0.2, 0) is 10.0 Å². The largest absolute Gasteiger partial charge is 0.350 e. The number of hydrogen-bond acceptors (Lipinski definition) is 6. The number of sulfonamides is 1. The maximum atomic E-state index is 12.6. The van der Waals surface area contributed by atoms with Crippen molar-refractivity contribution in [1.29, 1.82) is 0 Å². The molecule has 9 heteroatoms. The molecule has 0 saturated carbocycles. The number of carbonyl (C=O) groups excluding carboxylic acids is 1. The zero-order chi connectivity index (χ0) is 20.1. The molecule has 2 N–H and O–H groups in total. The summed E-state index contributed by atoms with van der Waals surface area (Å²) in [5, 5.41) is 8.71. The summed E-state index contributed by atoms with van der Waals surface area (Å²) in [6.07, 6.45) is 0. The number of amides is 1. The molecule has 6 nitrogen and oxygen atoms in total. The highest BCUT2D eigenvalue weighted by Crippen LogP contribution is 2.22. The standard InChI is InChI=1S/C19H21N3O3S3/c1-22(2)17(15-8-10-26-13-15)12-20-19(23)14-5-3-6-16(11-14)21-28(24,25)18-7-4-9-27-18/h3-11,13,17,21H,12H2,1-2H3,(H,20,23). The summed E-state index contributed by atoms with van der Waals surface area (Å²) in [5.74, 6) is -0.251. The Morgan fingerprint density at radius 3 is 2.61 bits per heavy atom. The van der Waals surface area contributed by atoms with E-state index >= 15 is 0 Å². The van der Waals surface area contributed by atoms with E-state index in [1.54, 1.807) is 41.0 Å². The van der Waals surface area contributed by atoms with Crippen LogP contribution in [0.5, 0.6) is 0 Å². The first kappa shape index (κ1) is 20.5. The average Bonchev–Trinajstić information content (AvgIpc) is 3.36. The van der Waals surface area contributed by atoms with Crippen molar-refractivity contribution >= 4 is 44.3 Å². The first-order valence-corrected chi connectivity index (χ1v) is 11.8. The third-order valence-electron chi connectivity index (χ3n) is 4.14. The molecule has 0 bridgehead atoms. The Morgan fingerprint density at radius 1 is 1.14 bits per heavy atom. The maximum Gasteiger partial charge on any atom is 0.271 e. The maximum absolute atomic E-state index is 12.6. The van der Waals surface area contributed by atoms with Crippen molar-refractivity contribution < 1.29 is 13.2 Å². The van der Waals surface area contributed by atoms with Gasteiger partial charge in [-0.25, -0.2) is 8.42 Å². The van der Waals surface area contributed by atoms with E-state index in [1.165, 1.54) is 12.1 Å². The van der Waals surface area contributed by atoms with Gasteiger partial charge in [-0.3, -0.25) is 9.52 Å². The van der Waals surface area contributed by atoms with Crippen molar-refractivity contribution in [1.82, 2.24) is 10.2 Å². The van der Waals surface area contributed by atoms with Crippen molar-refractivity contribution in [2.24, 2.45) is 0 Å². The fraction of sp³-hybridized carbons (Fsp3) is 0.211. The summed E-state index contributed by atoms with van der Waals surface area (Å²) >= 11 is 2.76. The number of hydrogen-bond donors (Lipinski definition) is 2. The Bertz CT molecular complexity index is 1010. The van der Waals surface area contributed by atoms with E-state index < -0.39 is 10.0 Å². The van der Waals surface area contributed by atoms with E-state index in [2.05, 4.69) is 15.4 Å². The van der Waals surface area contributed by atoms with Gasteiger partial charge in [-0.05, 0) is 66.1 Å². The molecule has 2 heterocycles. The van der Waals surface area contributed by atoms with Gasteiger partial charge >= 0.3 is 0 Å². The monoisotopic (exact) mass is 435 g/mol. The summed E-state index contributed by atoms with van der Waals surface area (Å²) in [5.41, 5.74) is 1.89. The molecule has 1 amide bonds.